The molecule has 2 nitrogen and oxygen atoms in total. The van der Waals surface area contributed by atoms with Crippen molar-refractivity contribution in [2.75, 3.05) is 13.2 Å². The molecular formula is C18H30ClNO. The molecule has 0 saturated heterocycles. The number of hydrogen-bond acceptors (Lipinski definition) is 2. The van der Waals surface area contributed by atoms with Crippen molar-refractivity contribution in [1.82, 2.24) is 5.32 Å². The van der Waals surface area contributed by atoms with Crippen molar-refractivity contribution < 1.29 is 4.74 Å². The summed E-state index contributed by atoms with van der Waals surface area (Å²) in [6.07, 6.45) is 6.22. The van der Waals surface area contributed by atoms with Gasteiger partial charge < -0.3 is 10.1 Å². The van der Waals surface area contributed by atoms with Crippen molar-refractivity contribution in [2.24, 2.45) is 5.92 Å². The van der Waals surface area contributed by atoms with Crippen LogP contribution in [0.15, 0.2) is 18.2 Å². The van der Waals surface area contributed by atoms with Crippen LogP contribution in [0.25, 0.3) is 0 Å². The minimum atomic E-state index is 0.645. The van der Waals surface area contributed by atoms with E-state index in [9.17, 15) is 0 Å². The minimum Gasteiger partial charge on any atom is -0.492 e. The topological polar surface area (TPSA) is 21.3 Å². The van der Waals surface area contributed by atoms with Crippen molar-refractivity contribution >= 4 is 11.6 Å². The van der Waals surface area contributed by atoms with Gasteiger partial charge in [-0.3, -0.25) is 0 Å². The van der Waals surface area contributed by atoms with Crippen LogP contribution in [0.3, 0.4) is 0 Å². The molecule has 0 saturated carbocycles. The molecule has 0 fully saturated rings. The smallest absolute Gasteiger partial charge is 0.142 e. The summed E-state index contributed by atoms with van der Waals surface area (Å²) in [5, 5.41) is 4.16. The second-order valence-electron chi connectivity index (χ2n) is 6.02. The Kier molecular flexibility index (Phi) is 9.53. The lowest BCUT2D eigenvalue weighted by Crippen LogP contribution is -2.19. The van der Waals surface area contributed by atoms with Crippen molar-refractivity contribution in [3.63, 3.8) is 0 Å². The fourth-order valence-corrected chi connectivity index (χ4v) is 2.48. The normalized spacial score (nSPS) is 11.1. The molecule has 21 heavy (non-hydrogen) atoms. The van der Waals surface area contributed by atoms with Gasteiger partial charge in [-0.25, -0.2) is 0 Å². The maximum atomic E-state index is 6.28. The second kappa shape index (κ2) is 10.9. The highest BCUT2D eigenvalue weighted by Crippen LogP contribution is 2.29. The summed E-state index contributed by atoms with van der Waals surface area (Å²) >= 11 is 6.28. The molecule has 0 aliphatic heterocycles. The molecular weight excluding hydrogens is 282 g/mol. The molecule has 0 aromatic heterocycles. The van der Waals surface area contributed by atoms with Gasteiger partial charge in [-0.15, -0.1) is 0 Å². The maximum Gasteiger partial charge on any atom is 0.142 e. The molecule has 1 aromatic rings. The van der Waals surface area contributed by atoms with Crippen LogP contribution in [0.2, 0.25) is 5.02 Å². The Labute approximate surface area is 135 Å². The predicted molar refractivity (Wildman–Crippen MR) is 92.3 cm³/mol. The fraction of sp³-hybridized carbons (Fsp3) is 0.667. The molecule has 1 aromatic carbocycles. The van der Waals surface area contributed by atoms with Gasteiger partial charge in [0.25, 0.3) is 0 Å². The van der Waals surface area contributed by atoms with Crippen molar-refractivity contribution in [2.45, 2.75) is 59.4 Å². The third-order valence-corrected chi connectivity index (χ3v) is 3.71. The highest BCUT2D eigenvalue weighted by atomic mass is 35.5. The van der Waals surface area contributed by atoms with E-state index < -0.39 is 0 Å². The summed E-state index contributed by atoms with van der Waals surface area (Å²) in [5.74, 6) is 1.50. The molecule has 0 amide bonds. The number of hydrogen-bond donors (Lipinski definition) is 1. The monoisotopic (exact) mass is 311 g/mol. The molecule has 0 aliphatic carbocycles. The van der Waals surface area contributed by atoms with Crippen molar-refractivity contribution in [1.29, 1.82) is 0 Å². The molecule has 120 valence electrons. The van der Waals surface area contributed by atoms with Crippen LogP contribution in [0.1, 0.15) is 58.4 Å². The van der Waals surface area contributed by atoms with Gasteiger partial charge in [-0.05, 0) is 24.9 Å². The minimum absolute atomic E-state index is 0.645. The van der Waals surface area contributed by atoms with Crippen LogP contribution < -0.4 is 10.1 Å². The summed E-state index contributed by atoms with van der Waals surface area (Å²) in [5.41, 5.74) is 1.15. The molecule has 0 heterocycles. The van der Waals surface area contributed by atoms with Crippen molar-refractivity contribution in [3.8, 4) is 5.75 Å². The zero-order valence-corrected chi connectivity index (χ0v) is 14.5. The SMILES string of the molecule is CCCCCCCOc1c(Cl)cccc1CNCC(C)C. The van der Waals surface area contributed by atoms with E-state index in [1.165, 1.54) is 25.7 Å². The number of benzene rings is 1. The zero-order valence-electron chi connectivity index (χ0n) is 13.8. The third-order valence-electron chi connectivity index (χ3n) is 3.41. The lowest BCUT2D eigenvalue weighted by atomic mass is 10.1. The summed E-state index contributed by atoms with van der Waals surface area (Å²) in [7, 11) is 0. The Morgan fingerprint density at radius 3 is 2.62 bits per heavy atom. The highest BCUT2D eigenvalue weighted by Gasteiger charge is 2.08. The number of nitrogens with one attached hydrogen (secondary N) is 1. The first-order chi connectivity index (χ1) is 10.1. The Morgan fingerprint density at radius 2 is 1.90 bits per heavy atom. The molecule has 0 unspecified atom stereocenters. The first-order valence-electron chi connectivity index (χ1n) is 8.26. The number of unbranched alkanes of at least 4 members (excludes halogenated alkanes) is 4. The van der Waals surface area contributed by atoms with E-state index in [2.05, 4.69) is 32.2 Å². The van der Waals surface area contributed by atoms with Gasteiger partial charge in [-0.2, -0.15) is 0 Å². The van der Waals surface area contributed by atoms with Gasteiger partial charge in [0.1, 0.15) is 5.75 Å². The zero-order chi connectivity index (χ0) is 15.5. The largest absolute Gasteiger partial charge is 0.492 e. The molecule has 0 radical (unpaired) electrons. The molecule has 0 aliphatic rings. The number of halogens is 1. The molecule has 0 atom stereocenters. The van der Waals surface area contributed by atoms with Crippen LogP contribution in [0, 0.1) is 5.92 Å². The molecule has 1 N–H and O–H groups in total. The summed E-state index contributed by atoms with van der Waals surface area (Å²) < 4.78 is 5.93. The number of ether oxygens (including phenoxy) is 1. The van der Waals surface area contributed by atoms with Gasteiger partial charge in [0.2, 0.25) is 0 Å². The first kappa shape index (κ1) is 18.3. The Morgan fingerprint density at radius 1 is 1.14 bits per heavy atom. The number of para-hydroxylation sites is 1. The lowest BCUT2D eigenvalue weighted by molar-refractivity contribution is 0.301. The molecule has 3 heteroatoms. The highest BCUT2D eigenvalue weighted by molar-refractivity contribution is 6.32. The average Bonchev–Trinajstić information content (AvgIpc) is 2.44. The van der Waals surface area contributed by atoms with Gasteiger partial charge in [0, 0.05) is 12.1 Å². The molecule has 0 spiro atoms. The summed E-state index contributed by atoms with van der Waals surface area (Å²) in [4.78, 5) is 0. The molecule has 0 bridgehead atoms. The van der Waals surface area contributed by atoms with E-state index >= 15 is 0 Å². The quantitative estimate of drug-likeness (QED) is 0.550. The summed E-state index contributed by atoms with van der Waals surface area (Å²) in [6.45, 7) is 9.21. The van der Waals surface area contributed by atoms with Crippen molar-refractivity contribution in [3.05, 3.63) is 28.8 Å². The van der Waals surface area contributed by atoms with E-state index in [1.807, 2.05) is 12.1 Å². The second-order valence-corrected chi connectivity index (χ2v) is 6.42. The van der Waals surface area contributed by atoms with E-state index in [0.717, 1.165) is 37.4 Å². The predicted octanol–water partition coefficient (Wildman–Crippen LogP) is 5.43. The van der Waals surface area contributed by atoms with Crippen LogP contribution in [0.5, 0.6) is 5.75 Å². The van der Waals surface area contributed by atoms with Gasteiger partial charge >= 0.3 is 0 Å². The van der Waals surface area contributed by atoms with E-state index in [0.29, 0.717) is 10.9 Å². The van der Waals surface area contributed by atoms with E-state index in [4.69, 9.17) is 16.3 Å². The fourth-order valence-electron chi connectivity index (χ4n) is 2.23. The van der Waals surface area contributed by atoms with Gasteiger partial charge in [0.15, 0.2) is 0 Å². The van der Waals surface area contributed by atoms with Gasteiger partial charge in [0.05, 0.1) is 11.6 Å². The van der Waals surface area contributed by atoms with E-state index in [-0.39, 0.29) is 0 Å². The average molecular weight is 312 g/mol. The van der Waals surface area contributed by atoms with Crippen LogP contribution in [-0.4, -0.2) is 13.2 Å². The van der Waals surface area contributed by atoms with Crippen LogP contribution in [0.4, 0.5) is 0 Å². The Hall–Kier alpha value is -0.730. The van der Waals surface area contributed by atoms with Crippen LogP contribution in [-0.2, 0) is 6.54 Å². The standard InChI is InChI=1S/C18H30ClNO/c1-4-5-6-7-8-12-21-18-16(10-9-11-17(18)19)14-20-13-15(2)3/h9-11,15,20H,4-8,12-14H2,1-3H3. The van der Waals surface area contributed by atoms with Crippen LogP contribution >= 0.6 is 11.6 Å². The Bertz CT molecular complexity index is 393. The first-order valence-corrected chi connectivity index (χ1v) is 8.63. The van der Waals surface area contributed by atoms with Gasteiger partial charge in [-0.1, -0.05) is 70.2 Å². The lowest BCUT2D eigenvalue weighted by Gasteiger charge is -2.14. The molecule has 1 rings (SSSR count). The number of rotatable bonds is 11. The summed E-state index contributed by atoms with van der Waals surface area (Å²) in [6, 6.07) is 5.98. The third kappa shape index (κ3) is 7.73. The Balaban J connectivity index is 2.43. The maximum absolute atomic E-state index is 6.28. The van der Waals surface area contributed by atoms with E-state index in [1.54, 1.807) is 0 Å².